The summed E-state index contributed by atoms with van der Waals surface area (Å²) in [7, 11) is 0. The zero-order chi connectivity index (χ0) is 26.0. The second-order valence-corrected chi connectivity index (χ2v) is 9.18. The fourth-order valence-corrected chi connectivity index (χ4v) is 4.34. The Bertz CT molecular complexity index is 1180. The van der Waals surface area contributed by atoms with Crippen molar-refractivity contribution in [2.75, 3.05) is 6.54 Å². The lowest BCUT2D eigenvalue weighted by atomic mass is 9.87. The van der Waals surface area contributed by atoms with Crippen molar-refractivity contribution in [3.05, 3.63) is 90.0 Å². The topological polar surface area (TPSA) is 102 Å². The fourth-order valence-electron chi connectivity index (χ4n) is 4.34. The highest BCUT2D eigenvalue weighted by molar-refractivity contribution is 5.96. The fraction of sp³-hybridized carbons (Fsp3) is 0.300. The molecule has 7 nitrogen and oxygen atoms in total. The van der Waals surface area contributed by atoms with Gasteiger partial charge in [0.05, 0.1) is 12.0 Å². The van der Waals surface area contributed by atoms with Crippen molar-refractivity contribution in [2.45, 2.75) is 44.6 Å². The van der Waals surface area contributed by atoms with Gasteiger partial charge in [0.2, 0.25) is 0 Å². The molecule has 2 N–H and O–H groups in total. The molecule has 0 bridgehead atoms. The number of Topliss-reactive ketones (excluding diaryl/α,β-unsaturated/α-hetero) is 1. The smallest absolute Gasteiger partial charge is 0.306 e. The van der Waals surface area contributed by atoms with Crippen LogP contribution in [-0.4, -0.2) is 35.4 Å². The summed E-state index contributed by atoms with van der Waals surface area (Å²) >= 11 is 0. The van der Waals surface area contributed by atoms with Gasteiger partial charge in [-0.15, -0.1) is 0 Å². The Balaban J connectivity index is 1.16. The predicted molar refractivity (Wildman–Crippen MR) is 139 cm³/mol. The number of hydrogen-bond donors (Lipinski definition) is 2. The van der Waals surface area contributed by atoms with Crippen molar-refractivity contribution < 1.29 is 29.0 Å². The summed E-state index contributed by atoms with van der Waals surface area (Å²) in [5, 5.41) is 12.0. The first-order valence-corrected chi connectivity index (χ1v) is 12.6. The Morgan fingerprint density at radius 1 is 0.757 bits per heavy atom. The minimum atomic E-state index is -0.732. The molecule has 0 atom stereocenters. The molecular weight excluding hydrogens is 470 g/mol. The predicted octanol–water partition coefficient (Wildman–Crippen LogP) is 5.89. The number of nitrogens with one attached hydrogen (secondary N) is 1. The standard InChI is InChI=1S/C30H31NO6/c32-28(21-8-14-25(15-9-21)37-27-18-12-23(13-19-27)30(34)35)7-4-20-31-29(33)22-10-16-26(17-11-22)36-24-5-2-1-3-6-24/h1-3,5-6,8-11,14-17,23,27H,4,7,12-13,18-20H2,(H,31,33)(H,34,35). The van der Waals surface area contributed by atoms with E-state index in [1.165, 1.54) is 0 Å². The first-order chi connectivity index (χ1) is 18.0. The van der Waals surface area contributed by atoms with Gasteiger partial charge in [-0.3, -0.25) is 14.4 Å². The van der Waals surface area contributed by atoms with Gasteiger partial charge in [-0.25, -0.2) is 0 Å². The number of carbonyl (C=O) groups excluding carboxylic acids is 2. The van der Waals surface area contributed by atoms with Crippen LogP contribution in [0, 0.1) is 5.92 Å². The molecule has 1 fully saturated rings. The Morgan fingerprint density at radius 3 is 2.00 bits per heavy atom. The van der Waals surface area contributed by atoms with Crippen molar-refractivity contribution in [3.63, 3.8) is 0 Å². The number of rotatable bonds is 11. The molecule has 0 saturated heterocycles. The van der Waals surface area contributed by atoms with Gasteiger partial charge in [-0.05, 0) is 92.8 Å². The zero-order valence-electron chi connectivity index (χ0n) is 20.6. The van der Waals surface area contributed by atoms with E-state index in [9.17, 15) is 14.4 Å². The number of aliphatic carboxylic acids is 1. The molecule has 0 spiro atoms. The minimum Gasteiger partial charge on any atom is -0.490 e. The first kappa shape index (κ1) is 25.9. The van der Waals surface area contributed by atoms with E-state index in [0.717, 1.165) is 18.6 Å². The van der Waals surface area contributed by atoms with Gasteiger partial charge in [0.15, 0.2) is 5.78 Å². The van der Waals surface area contributed by atoms with Crippen LogP contribution in [0.4, 0.5) is 0 Å². The largest absolute Gasteiger partial charge is 0.490 e. The van der Waals surface area contributed by atoms with Gasteiger partial charge >= 0.3 is 5.97 Å². The van der Waals surface area contributed by atoms with Gasteiger partial charge < -0.3 is 19.9 Å². The zero-order valence-corrected chi connectivity index (χ0v) is 20.6. The lowest BCUT2D eigenvalue weighted by Gasteiger charge is -2.26. The number of benzene rings is 3. The van der Waals surface area contributed by atoms with E-state index >= 15 is 0 Å². The summed E-state index contributed by atoms with van der Waals surface area (Å²) in [5.41, 5.74) is 1.13. The Hall–Kier alpha value is -4.13. The Morgan fingerprint density at radius 2 is 1.35 bits per heavy atom. The highest BCUT2D eigenvalue weighted by atomic mass is 16.5. The lowest BCUT2D eigenvalue weighted by Crippen LogP contribution is -2.27. The Kier molecular flexibility index (Phi) is 8.92. The van der Waals surface area contributed by atoms with E-state index in [1.54, 1.807) is 48.5 Å². The van der Waals surface area contributed by atoms with Gasteiger partial charge in [0.1, 0.15) is 17.2 Å². The third kappa shape index (κ3) is 7.67. The van der Waals surface area contributed by atoms with E-state index in [-0.39, 0.29) is 23.7 Å². The second kappa shape index (κ2) is 12.7. The summed E-state index contributed by atoms with van der Waals surface area (Å²) in [5.74, 6) is 0.862. The number of carboxylic acids is 1. The van der Waals surface area contributed by atoms with Crippen LogP contribution in [0.2, 0.25) is 0 Å². The summed E-state index contributed by atoms with van der Waals surface area (Å²) in [4.78, 5) is 36.0. The summed E-state index contributed by atoms with van der Waals surface area (Å²) < 4.78 is 11.7. The maximum Gasteiger partial charge on any atom is 0.306 e. The van der Waals surface area contributed by atoms with E-state index in [1.807, 2.05) is 30.3 Å². The molecule has 4 rings (SSSR count). The number of carboxylic acid groups (broad SMARTS) is 1. The van der Waals surface area contributed by atoms with E-state index in [2.05, 4.69) is 5.32 Å². The van der Waals surface area contributed by atoms with Gasteiger partial charge in [0.25, 0.3) is 5.91 Å². The average molecular weight is 502 g/mol. The second-order valence-electron chi connectivity index (χ2n) is 9.18. The normalized spacial score (nSPS) is 17.0. The number of amides is 1. The first-order valence-electron chi connectivity index (χ1n) is 12.6. The van der Waals surface area contributed by atoms with Crippen molar-refractivity contribution in [1.82, 2.24) is 5.32 Å². The number of para-hydroxylation sites is 1. The molecule has 1 aliphatic carbocycles. The number of ketones is 1. The minimum absolute atomic E-state index is 0.00480. The third-order valence-corrected chi connectivity index (χ3v) is 6.46. The van der Waals surface area contributed by atoms with Crippen LogP contribution in [0.5, 0.6) is 17.2 Å². The van der Waals surface area contributed by atoms with Crippen LogP contribution in [0.25, 0.3) is 0 Å². The summed E-state index contributed by atoms with van der Waals surface area (Å²) in [6.45, 7) is 0.396. The molecular formula is C30H31NO6. The van der Waals surface area contributed by atoms with E-state index in [4.69, 9.17) is 14.6 Å². The Labute approximate surface area is 216 Å². The van der Waals surface area contributed by atoms with Gasteiger partial charge in [-0.2, -0.15) is 0 Å². The number of carbonyl (C=O) groups is 3. The highest BCUT2D eigenvalue weighted by Gasteiger charge is 2.26. The van der Waals surface area contributed by atoms with Crippen molar-refractivity contribution in [1.29, 1.82) is 0 Å². The molecule has 0 unspecified atom stereocenters. The maximum atomic E-state index is 12.5. The van der Waals surface area contributed by atoms with Crippen LogP contribution in [0.1, 0.15) is 59.2 Å². The quantitative estimate of drug-likeness (QED) is 0.251. The molecule has 1 aliphatic rings. The third-order valence-electron chi connectivity index (χ3n) is 6.46. The van der Waals surface area contributed by atoms with Crippen LogP contribution in [0.3, 0.4) is 0 Å². The van der Waals surface area contributed by atoms with Crippen LogP contribution in [-0.2, 0) is 4.79 Å². The van der Waals surface area contributed by atoms with Gasteiger partial charge in [-0.1, -0.05) is 18.2 Å². The number of ether oxygens (including phenoxy) is 2. The highest BCUT2D eigenvalue weighted by Crippen LogP contribution is 2.28. The number of hydrogen-bond acceptors (Lipinski definition) is 5. The summed E-state index contributed by atoms with van der Waals surface area (Å²) in [6, 6.07) is 23.4. The molecule has 0 heterocycles. The molecule has 0 radical (unpaired) electrons. The van der Waals surface area contributed by atoms with E-state index in [0.29, 0.717) is 54.9 Å². The SMILES string of the molecule is O=C(CCCNC(=O)c1ccc(Oc2ccccc2)cc1)c1ccc(OC2CCC(C(=O)O)CC2)cc1. The average Bonchev–Trinajstić information content (AvgIpc) is 2.92. The molecule has 192 valence electrons. The molecule has 37 heavy (non-hydrogen) atoms. The van der Waals surface area contributed by atoms with Crippen LogP contribution in [0.15, 0.2) is 78.9 Å². The molecule has 0 aromatic heterocycles. The molecule has 1 saturated carbocycles. The molecule has 7 heteroatoms. The molecule has 3 aromatic carbocycles. The van der Waals surface area contributed by atoms with Crippen LogP contribution < -0.4 is 14.8 Å². The molecule has 3 aromatic rings. The molecule has 0 aliphatic heterocycles. The lowest BCUT2D eigenvalue weighted by molar-refractivity contribution is -0.143. The molecule has 1 amide bonds. The monoisotopic (exact) mass is 501 g/mol. The van der Waals surface area contributed by atoms with Crippen molar-refractivity contribution in [2.24, 2.45) is 5.92 Å². The maximum absolute atomic E-state index is 12.5. The van der Waals surface area contributed by atoms with Crippen molar-refractivity contribution >= 4 is 17.7 Å². The van der Waals surface area contributed by atoms with Crippen molar-refractivity contribution in [3.8, 4) is 17.2 Å². The van der Waals surface area contributed by atoms with E-state index < -0.39 is 5.97 Å². The summed E-state index contributed by atoms with van der Waals surface area (Å²) in [6.07, 6.45) is 3.55. The van der Waals surface area contributed by atoms with Gasteiger partial charge in [0, 0.05) is 24.1 Å². The van der Waals surface area contributed by atoms with Crippen LogP contribution >= 0.6 is 0 Å².